The lowest BCUT2D eigenvalue weighted by Crippen LogP contribution is -2.32. The Kier molecular flexibility index (Phi) is 8.99. The molecular formula is C17H20Cl2N2O6. The lowest BCUT2D eigenvalue weighted by Gasteiger charge is -2.29. The smallest absolute Gasteiger partial charge is 0.336 e. The van der Waals surface area contributed by atoms with Gasteiger partial charge in [-0.3, -0.25) is 10.1 Å². The topological polar surface area (TPSA) is 108 Å². The van der Waals surface area contributed by atoms with Gasteiger partial charge in [0.2, 0.25) is 0 Å². The first-order valence-corrected chi connectivity index (χ1v) is 7.41. The number of nitrogens with one attached hydrogen (secondary N) is 1. The number of rotatable bonds is 4. The van der Waals surface area contributed by atoms with Gasteiger partial charge in [0, 0.05) is 23.5 Å². The number of ether oxygens (including phenoxy) is 2. The van der Waals surface area contributed by atoms with Crippen LogP contribution in [0.4, 0.5) is 5.69 Å². The van der Waals surface area contributed by atoms with Crippen molar-refractivity contribution in [3.8, 4) is 0 Å². The number of allylic oxidation sites excluding steroid dienone is 2. The number of carbonyl (C=O) groups is 2. The Balaban J connectivity index is 0.00000338. The van der Waals surface area contributed by atoms with Crippen LogP contribution in [0.3, 0.4) is 0 Å². The molecule has 0 saturated carbocycles. The van der Waals surface area contributed by atoms with Crippen molar-refractivity contribution in [1.29, 1.82) is 0 Å². The van der Waals surface area contributed by atoms with Crippen LogP contribution >= 0.6 is 24.8 Å². The van der Waals surface area contributed by atoms with Crippen LogP contribution in [0.1, 0.15) is 25.3 Å². The summed E-state index contributed by atoms with van der Waals surface area (Å²) in [4.78, 5) is 35.2. The van der Waals surface area contributed by atoms with Crippen LogP contribution in [0.2, 0.25) is 0 Å². The highest BCUT2D eigenvalue weighted by Crippen LogP contribution is 2.39. The Morgan fingerprint density at radius 2 is 1.52 bits per heavy atom. The summed E-state index contributed by atoms with van der Waals surface area (Å²) in [6, 6.07) is 5.80. The monoisotopic (exact) mass is 418 g/mol. The first-order valence-electron chi connectivity index (χ1n) is 7.41. The number of non-ortho nitro benzene ring substituents is 1. The number of carbonyl (C=O) groups excluding carboxylic acids is 2. The maximum absolute atomic E-state index is 12.3. The number of hydrogen-bond acceptors (Lipinski definition) is 7. The fourth-order valence-electron chi connectivity index (χ4n) is 2.91. The molecule has 2 rings (SSSR count). The van der Waals surface area contributed by atoms with E-state index in [0.29, 0.717) is 17.0 Å². The van der Waals surface area contributed by atoms with Crippen LogP contribution in [-0.2, 0) is 19.1 Å². The summed E-state index contributed by atoms with van der Waals surface area (Å²) in [6.45, 7) is 3.35. The SMILES string of the molecule is COC(=O)C1=C(C)NC(C)=C(C(=O)OC)C1c1cccc([N+](=O)[O-])c1.Cl.Cl. The first kappa shape index (κ1) is 24.4. The van der Waals surface area contributed by atoms with E-state index in [1.165, 1.54) is 32.4 Å². The number of benzene rings is 1. The van der Waals surface area contributed by atoms with E-state index in [9.17, 15) is 19.7 Å². The summed E-state index contributed by atoms with van der Waals surface area (Å²) in [7, 11) is 2.46. The van der Waals surface area contributed by atoms with E-state index in [1.54, 1.807) is 19.9 Å². The van der Waals surface area contributed by atoms with E-state index in [1.807, 2.05) is 0 Å². The van der Waals surface area contributed by atoms with Crippen molar-refractivity contribution in [2.24, 2.45) is 0 Å². The van der Waals surface area contributed by atoms with Gasteiger partial charge in [0.05, 0.1) is 36.2 Å². The van der Waals surface area contributed by atoms with E-state index in [-0.39, 0.29) is 41.6 Å². The fourth-order valence-corrected chi connectivity index (χ4v) is 2.91. The van der Waals surface area contributed by atoms with E-state index in [0.717, 1.165) is 0 Å². The van der Waals surface area contributed by atoms with E-state index >= 15 is 0 Å². The highest BCUT2D eigenvalue weighted by molar-refractivity contribution is 5.99. The van der Waals surface area contributed by atoms with Gasteiger partial charge in [0.1, 0.15) is 0 Å². The van der Waals surface area contributed by atoms with Gasteiger partial charge in [0.25, 0.3) is 5.69 Å². The molecule has 0 aromatic heterocycles. The largest absolute Gasteiger partial charge is 0.466 e. The van der Waals surface area contributed by atoms with Gasteiger partial charge < -0.3 is 14.8 Å². The predicted molar refractivity (Wildman–Crippen MR) is 103 cm³/mol. The molecule has 0 atom stereocenters. The van der Waals surface area contributed by atoms with E-state index in [4.69, 9.17) is 9.47 Å². The van der Waals surface area contributed by atoms with Gasteiger partial charge in [-0.15, -0.1) is 24.8 Å². The molecule has 0 amide bonds. The highest BCUT2D eigenvalue weighted by Gasteiger charge is 2.38. The number of nitro groups is 1. The summed E-state index contributed by atoms with van der Waals surface area (Å²) in [5.74, 6) is -2.09. The molecule has 0 spiro atoms. The summed E-state index contributed by atoms with van der Waals surface area (Å²) >= 11 is 0. The Labute approximate surface area is 168 Å². The molecule has 0 saturated heterocycles. The minimum Gasteiger partial charge on any atom is -0.466 e. The van der Waals surface area contributed by atoms with Crippen molar-refractivity contribution in [2.45, 2.75) is 19.8 Å². The van der Waals surface area contributed by atoms with Gasteiger partial charge in [-0.1, -0.05) is 12.1 Å². The average molecular weight is 419 g/mol. The Hall–Kier alpha value is -2.58. The van der Waals surface area contributed by atoms with Crippen molar-refractivity contribution in [1.82, 2.24) is 5.32 Å². The quantitative estimate of drug-likeness (QED) is 0.454. The Morgan fingerprint density at radius 1 is 1.04 bits per heavy atom. The average Bonchev–Trinajstić information content (AvgIpc) is 2.59. The van der Waals surface area contributed by atoms with Crippen molar-refractivity contribution in [2.75, 3.05) is 14.2 Å². The van der Waals surface area contributed by atoms with Crippen molar-refractivity contribution in [3.63, 3.8) is 0 Å². The zero-order valence-corrected chi connectivity index (χ0v) is 16.7. The summed E-state index contributed by atoms with van der Waals surface area (Å²) in [5, 5.41) is 14.1. The van der Waals surface area contributed by atoms with Gasteiger partial charge >= 0.3 is 11.9 Å². The minimum atomic E-state index is -0.832. The Morgan fingerprint density at radius 3 is 1.93 bits per heavy atom. The highest BCUT2D eigenvalue weighted by atomic mass is 35.5. The third-order valence-electron chi connectivity index (χ3n) is 3.99. The summed E-state index contributed by atoms with van der Waals surface area (Å²) in [6.07, 6.45) is 0. The van der Waals surface area contributed by atoms with Crippen LogP contribution in [0.5, 0.6) is 0 Å². The third-order valence-corrected chi connectivity index (χ3v) is 3.99. The molecule has 27 heavy (non-hydrogen) atoms. The maximum Gasteiger partial charge on any atom is 0.336 e. The zero-order chi connectivity index (χ0) is 18.7. The Bertz CT molecular complexity index is 781. The molecule has 1 aliphatic rings. The van der Waals surface area contributed by atoms with E-state index < -0.39 is 22.8 Å². The number of nitro benzene ring substituents is 1. The first-order chi connectivity index (χ1) is 11.8. The van der Waals surface area contributed by atoms with Crippen LogP contribution in [0.25, 0.3) is 0 Å². The number of nitrogens with zero attached hydrogens (tertiary/aromatic N) is 1. The number of halogens is 2. The summed E-state index contributed by atoms with van der Waals surface area (Å²) in [5.41, 5.74) is 1.71. The van der Waals surface area contributed by atoms with Crippen LogP contribution in [0, 0.1) is 10.1 Å². The normalized spacial score (nSPS) is 13.8. The molecule has 0 aliphatic carbocycles. The number of hydrogen-bond donors (Lipinski definition) is 1. The second-order valence-electron chi connectivity index (χ2n) is 5.47. The van der Waals surface area contributed by atoms with Gasteiger partial charge in [-0.25, -0.2) is 9.59 Å². The molecule has 0 bridgehead atoms. The zero-order valence-electron chi connectivity index (χ0n) is 15.1. The van der Waals surface area contributed by atoms with Gasteiger partial charge in [-0.05, 0) is 19.4 Å². The fraction of sp³-hybridized carbons (Fsp3) is 0.294. The number of dihydropyridines is 1. The maximum atomic E-state index is 12.3. The van der Waals surface area contributed by atoms with Gasteiger partial charge in [0.15, 0.2) is 0 Å². The van der Waals surface area contributed by atoms with Crippen molar-refractivity contribution < 1.29 is 24.0 Å². The van der Waals surface area contributed by atoms with Crippen LogP contribution in [-0.4, -0.2) is 31.1 Å². The second-order valence-corrected chi connectivity index (χ2v) is 5.47. The molecule has 1 N–H and O–H groups in total. The number of methoxy groups -OCH3 is 2. The molecule has 1 aromatic rings. The van der Waals surface area contributed by atoms with Crippen LogP contribution in [0.15, 0.2) is 46.8 Å². The molecule has 1 aliphatic heterocycles. The van der Waals surface area contributed by atoms with Crippen molar-refractivity contribution in [3.05, 3.63) is 62.5 Å². The second kappa shape index (κ2) is 9.94. The van der Waals surface area contributed by atoms with Gasteiger partial charge in [-0.2, -0.15) is 0 Å². The molecule has 0 unspecified atom stereocenters. The van der Waals surface area contributed by atoms with Crippen molar-refractivity contribution >= 4 is 42.4 Å². The molecule has 8 nitrogen and oxygen atoms in total. The minimum absolute atomic E-state index is 0. The molecule has 1 aromatic carbocycles. The lowest BCUT2D eigenvalue weighted by molar-refractivity contribution is -0.384. The molecular weight excluding hydrogens is 399 g/mol. The number of esters is 2. The summed E-state index contributed by atoms with van der Waals surface area (Å²) < 4.78 is 9.68. The molecule has 10 heteroatoms. The van der Waals surface area contributed by atoms with Crippen LogP contribution < -0.4 is 5.32 Å². The lowest BCUT2D eigenvalue weighted by atomic mass is 9.80. The predicted octanol–water partition coefficient (Wildman–Crippen LogP) is 3.02. The van der Waals surface area contributed by atoms with E-state index in [2.05, 4.69) is 5.32 Å². The molecule has 1 heterocycles. The molecule has 0 radical (unpaired) electrons. The standard InChI is InChI=1S/C17H18N2O6.2ClH/c1-9-13(16(20)24-3)15(14(10(2)18-9)17(21)25-4)11-6-5-7-12(8-11)19(22)23;;/h5-8,15,18H,1-4H3;2*1H. The molecule has 148 valence electrons. The third kappa shape index (κ3) is 4.78. The molecule has 0 fully saturated rings.